The van der Waals surface area contributed by atoms with Crippen LogP contribution in [0, 0.1) is 5.92 Å². The number of fused-ring (bicyclic) bond motifs is 1. The first-order valence-electron chi connectivity index (χ1n) is 7.58. The summed E-state index contributed by atoms with van der Waals surface area (Å²) in [6.45, 7) is 3.16. The van der Waals surface area contributed by atoms with E-state index in [4.69, 9.17) is 9.47 Å². The van der Waals surface area contributed by atoms with Gasteiger partial charge in [0, 0.05) is 6.42 Å². The molecule has 0 saturated carbocycles. The molecule has 0 bridgehead atoms. The van der Waals surface area contributed by atoms with Crippen LogP contribution in [-0.4, -0.2) is 19.1 Å². The summed E-state index contributed by atoms with van der Waals surface area (Å²) < 4.78 is 11.1. The van der Waals surface area contributed by atoms with Crippen molar-refractivity contribution in [3.63, 3.8) is 0 Å². The molecule has 4 nitrogen and oxygen atoms in total. The van der Waals surface area contributed by atoms with Crippen molar-refractivity contribution in [1.82, 2.24) is 5.32 Å². The summed E-state index contributed by atoms with van der Waals surface area (Å²) in [5.74, 6) is 2.05. The number of benzene rings is 1. The van der Waals surface area contributed by atoms with Crippen LogP contribution < -0.4 is 14.8 Å². The maximum absolute atomic E-state index is 12.1. The number of allylic oxidation sites excluding steroid dienone is 2. The molecule has 2 aliphatic rings. The van der Waals surface area contributed by atoms with Crippen molar-refractivity contribution in [2.75, 3.05) is 13.2 Å². The van der Waals surface area contributed by atoms with Crippen molar-refractivity contribution in [3.05, 3.63) is 35.9 Å². The first-order valence-corrected chi connectivity index (χ1v) is 7.58. The topological polar surface area (TPSA) is 47.6 Å². The summed E-state index contributed by atoms with van der Waals surface area (Å²) in [4.78, 5) is 12.1. The van der Waals surface area contributed by atoms with E-state index in [2.05, 4.69) is 17.5 Å². The van der Waals surface area contributed by atoms with E-state index >= 15 is 0 Å². The van der Waals surface area contributed by atoms with Gasteiger partial charge in [-0.25, -0.2) is 0 Å². The second-order valence-corrected chi connectivity index (χ2v) is 5.66. The van der Waals surface area contributed by atoms with Gasteiger partial charge in [0.2, 0.25) is 5.91 Å². The predicted octanol–water partition coefficient (Wildman–Crippen LogP) is 2.99. The molecule has 1 aromatic rings. The van der Waals surface area contributed by atoms with Gasteiger partial charge in [0.25, 0.3) is 0 Å². The maximum Gasteiger partial charge on any atom is 0.221 e. The summed E-state index contributed by atoms with van der Waals surface area (Å²) in [5, 5.41) is 3.06. The molecule has 2 unspecified atom stereocenters. The first kappa shape index (κ1) is 14.0. The van der Waals surface area contributed by atoms with Gasteiger partial charge >= 0.3 is 0 Å². The number of nitrogens with one attached hydrogen (secondary N) is 1. The molecule has 0 aromatic heterocycles. The number of amides is 1. The summed E-state index contributed by atoms with van der Waals surface area (Å²) in [6.07, 6.45) is 7.06. The molecule has 21 heavy (non-hydrogen) atoms. The Balaban J connectivity index is 1.60. The van der Waals surface area contributed by atoms with E-state index in [9.17, 15) is 4.79 Å². The zero-order valence-electron chi connectivity index (χ0n) is 12.3. The molecule has 1 aliphatic carbocycles. The van der Waals surface area contributed by atoms with E-state index in [-0.39, 0.29) is 11.9 Å². The monoisotopic (exact) mass is 287 g/mol. The molecule has 1 amide bonds. The molecule has 0 fully saturated rings. The Kier molecular flexibility index (Phi) is 4.13. The number of hydrogen-bond donors (Lipinski definition) is 1. The molecule has 1 N–H and O–H groups in total. The van der Waals surface area contributed by atoms with Crippen LogP contribution in [0.3, 0.4) is 0 Å². The number of carbonyl (C=O) groups excluding carboxylic acids is 1. The lowest BCUT2D eigenvalue weighted by Crippen LogP contribution is -2.28. The minimum absolute atomic E-state index is 0.0290. The van der Waals surface area contributed by atoms with Gasteiger partial charge in [0.05, 0.1) is 6.04 Å². The fourth-order valence-electron chi connectivity index (χ4n) is 2.82. The van der Waals surface area contributed by atoms with Gasteiger partial charge in [-0.2, -0.15) is 0 Å². The smallest absolute Gasteiger partial charge is 0.221 e. The predicted molar refractivity (Wildman–Crippen MR) is 80.5 cm³/mol. The van der Waals surface area contributed by atoms with Crippen LogP contribution in [0.15, 0.2) is 30.4 Å². The number of rotatable bonds is 4. The van der Waals surface area contributed by atoms with Crippen molar-refractivity contribution in [2.45, 2.75) is 32.2 Å². The highest BCUT2D eigenvalue weighted by molar-refractivity contribution is 5.77. The fourth-order valence-corrected chi connectivity index (χ4v) is 2.82. The summed E-state index contributed by atoms with van der Waals surface area (Å²) in [6, 6.07) is 5.81. The second kappa shape index (κ2) is 6.20. The van der Waals surface area contributed by atoms with Gasteiger partial charge in [-0.05, 0) is 43.4 Å². The largest absolute Gasteiger partial charge is 0.486 e. The average molecular weight is 287 g/mol. The SMILES string of the molecule is CC(NC(=O)CC1C=CCC1)c1ccc2c(c1)OCCO2. The molecule has 0 spiro atoms. The van der Waals surface area contributed by atoms with Crippen molar-refractivity contribution in [2.24, 2.45) is 5.92 Å². The molecule has 4 heteroatoms. The summed E-state index contributed by atoms with van der Waals surface area (Å²) in [7, 11) is 0. The molecular formula is C17H21NO3. The Bertz CT molecular complexity index is 553. The van der Waals surface area contributed by atoms with Crippen molar-refractivity contribution in [3.8, 4) is 11.5 Å². The minimum atomic E-state index is -0.0290. The van der Waals surface area contributed by atoms with Gasteiger partial charge in [0.15, 0.2) is 11.5 Å². The van der Waals surface area contributed by atoms with Crippen LogP contribution in [0.25, 0.3) is 0 Å². The summed E-state index contributed by atoms with van der Waals surface area (Å²) in [5.41, 5.74) is 1.04. The number of ether oxygens (including phenoxy) is 2. The molecular weight excluding hydrogens is 266 g/mol. The lowest BCUT2D eigenvalue weighted by Gasteiger charge is -2.21. The van der Waals surface area contributed by atoms with Gasteiger partial charge in [-0.1, -0.05) is 18.2 Å². The van der Waals surface area contributed by atoms with Crippen LogP contribution in [-0.2, 0) is 4.79 Å². The Morgan fingerprint density at radius 1 is 1.33 bits per heavy atom. The molecule has 3 rings (SSSR count). The molecule has 0 saturated heterocycles. The minimum Gasteiger partial charge on any atom is -0.486 e. The second-order valence-electron chi connectivity index (χ2n) is 5.66. The number of hydrogen-bond acceptors (Lipinski definition) is 3. The highest BCUT2D eigenvalue weighted by atomic mass is 16.6. The van der Waals surface area contributed by atoms with Gasteiger partial charge in [-0.3, -0.25) is 4.79 Å². The van der Waals surface area contributed by atoms with Crippen molar-refractivity contribution >= 4 is 5.91 Å². The quantitative estimate of drug-likeness (QED) is 0.866. The number of carbonyl (C=O) groups is 1. The van der Waals surface area contributed by atoms with Crippen LogP contribution in [0.4, 0.5) is 0 Å². The lowest BCUT2D eigenvalue weighted by atomic mass is 10.0. The van der Waals surface area contributed by atoms with E-state index in [0.717, 1.165) is 29.9 Å². The van der Waals surface area contributed by atoms with E-state index in [0.29, 0.717) is 25.6 Å². The van der Waals surface area contributed by atoms with E-state index in [1.165, 1.54) is 0 Å². The molecule has 2 atom stereocenters. The van der Waals surface area contributed by atoms with Gasteiger partial charge in [-0.15, -0.1) is 0 Å². The molecule has 1 heterocycles. The third-order valence-corrected chi connectivity index (χ3v) is 4.00. The van der Waals surface area contributed by atoms with Crippen LogP contribution in [0.1, 0.15) is 37.8 Å². The van der Waals surface area contributed by atoms with Gasteiger partial charge < -0.3 is 14.8 Å². The van der Waals surface area contributed by atoms with E-state index < -0.39 is 0 Å². The van der Waals surface area contributed by atoms with Crippen molar-refractivity contribution in [1.29, 1.82) is 0 Å². The zero-order valence-corrected chi connectivity index (χ0v) is 12.3. The molecule has 1 aliphatic heterocycles. The Labute approximate surface area is 125 Å². The average Bonchev–Trinajstić information content (AvgIpc) is 2.99. The van der Waals surface area contributed by atoms with Crippen LogP contribution >= 0.6 is 0 Å². The third-order valence-electron chi connectivity index (χ3n) is 4.00. The Morgan fingerprint density at radius 2 is 2.14 bits per heavy atom. The first-order chi connectivity index (χ1) is 10.2. The summed E-state index contributed by atoms with van der Waals surface area (Å²) >= 11 is 0. The molecule has 112 valence electrons. The van der Waals surface area contributed by atoms with Crippen molar-refractivity contribution < 1.29 is 14.3 Å². The normalized spacial score (nSPS) is 21.1. The highest BCUT2D eigenvalue weighted by Gasteiger charge is 2.18. The molecule has 0 radical (unpaired) electrons. The fraction of sp³-hybridized carbons (Fsp3) is 0.471. The Morgan fingerprint density at radius 3 is 2.90 bits per heavy atom. The lowest BCUT2D eigenvalue weighted by molar-refractivity contribution is -0.122. The van der Waals surface area contributed by atoms with Gasteiger partial charge in [0.1, 0.15) is 13.2 Å². The molecule has 1 aromatic carbocycles. The highest BCUT2D eigenvalue weighted by Crippen LogP contribution is 2.32. The third kappa shape index (κ3) is 3.38. The van der Waals surface area contributed by atoms with E-state index in [1.54, 1.807) is 0 Å². The van der Waals surface area contributed by atoms with Crippen LogP contribution in [0.2, 0.25) is 0 Å². The zero-order chi connectivity index (χ0) is 14.7. The Hall–Kier alpha value is -1.97. The standard InChI is InChI=1S/C17H21NO3/c1-12(18-17(19)10-13-4-2-3-5-13)14-6-7-15-16(11-14)21-9-8-20-15/h2,4,6-7,11-13H,3,5,8-10H2,1H3,(H,18,19). The maximum atomic E-state index is 12.1. The van der Waals surface area contributed by atoms with Crippen LogP contribution in [0.5, 0.6) is 11.5 Å². The van der Waals surface area contributed by atoms with E-state index in [1.807, 2.05) is 25.1 Å².